The molecule has 3 aromatic rings. The normalized spacial score (nSPS) is 12.9. The fourth-order valence-electron chi connectivity index (χ4n) is 2.53. The van der Waals surface area contributed by atoms with Crippen molar-refractivity contribution >= 4 is 22.3 Å². The van der Waals surface area contributed by atoms with Crippen LogP contribution in [0.1, 0.15) is 35.4 Å². The third-order valence-electron chi connectivity index (χ3n) is 3.58. The molecule has 0 amide bonds. The van der Waals surface area contributed by atoms with Crippen LogP contribution in [0, 0.1) is 6.92 Å². The maximum Gasteiger partial charge on any atom is 0.134 e. The molecule has 2 nitrogen and oxygen atoms in total. The summed E-state index contributed by atoms with van der Waals surface area (Å²) >= 11 is 1.81. The minimum atomic E-state index is 0.221. The molecule has 0 aliphatic heterocycles. The van der Waals surface area contributed by atoms with Crippen LogP contribution >= 0.6 is 11.3 Å². The smallest absolute Gasteiger partial charge is 0.134 e. The van der Waals surface area contributed by atoms with Gasteiger partial charge in [-0.25, -0.2) is 0 Å². The van der Waals surface area contributed by atoms with Crippen molar-refractivity contribution < 1.29 is 4.42 Å². The number of fused-ring (bicyclic) bond motifs is 1. The van der Waals surface area contributed by atoms with Gasteiger partial charge in [0.25, 0.3) is 0 Å². The third-order valence-corrected chi connectivity index (χ3v) is 4.67. The SMILES string of the molecule is CCCNC(c1sccc1C)c1coc2ccccc12. The van der Waals surface area contributed by atoms with Crippen molar-refractivity contribution in [1.82, 2.24) is 5.32 Å². The summed E-state index contributed by atoms with van der Waals surface area (Å²) in [5, 5.41) is 7.02. The zero-order chi connectivity index (χ0) is 13.9. The van der Waals surface area contributed by atoms with Crippen LogP contribution in [-0.4, -0.2) is 6.54 Å². The summed E-state index contributed by atoms with van der Waals surface area (Å²) in [6, 6.07) is 10.6. The summed E-state index contributed by atoms with van der Waals surface area (Å²) < 4.78 is 5.71. The summed E-state index contributed by atoms with van der Waals surface area (Å²) in [5.41, 5.74) is 3.54. The van der Waals surface area contributed by atoms with Gasteiger partial charge in [-0.2, -0.15) is 0 Å². The van der Waals surface area contributed by atoms with E-state index >= 15 is 0 Å². The number of rotatable bonds is 5. The molecule has 1 unspecified atom stereocenters. The monoisotopic (exact) mass is 285 g/mol. The summed E-state index contributed by atoms with van der Waals surface area (Å²) in [7, 11) is 0. The lowest BCUT2D eigenvalue weighted by atomic mass is 10.0. The summed E-state index contributed by atoms with van der Waals surface area (Å²) in [5.74, 6) is 0. The Balaban J connectivity index is 2.07. The Kier molecular flexibility index (Phi) is 3.90. The second-order valence-electron chi connectivity index (χ2n) is 5.04. The van der Waals surface area contributed by atoms with E-state index in [1.165, 1.54) is 21.4 Å². The van der Waals surface area contributed by atoms with Crippen molar-refractivity contribution in [3.8, 4) is 0 Å². The van der Waals surface area contributed by atoms with Gasteiger partial charge < -0.3 is 9.73 Å². The Morgan fingerprint density at radius 3 is 2.85 bits per heavy atom. The molecule has 0 spiro atoms. The standard InChI is InChI=1S/C17H19NOS/c1-3-9-18-16(17-12(2)8-10-20-17)14-11-19-15-7-5-4-6-13(14)15/h4-8,10-11,16,18H,3,9H2,1-2H3. The molecule has 0 aliphatic carbocycles. The van der Waals surface area contributed by atoms with Gasteiger partial charge in [-0.1, -0.05) is 25.1 Å². The maximum atomic E-state index is 5.71. The van der Waals surface area contributed by atoms with E-state index < -0.39 is 0 Å². The van der Waals surface area contributed by atoms with E-state index in [0.717, 1.165) is 18.5 Å². The molecule has 3 rings (SSSR count). The fourth-order valence-corrected chi connectivity index (χ4v) is 3.55. The molecule has 2 heterocycles. The molecule has 0 saturated carbocycles. The molecule has 0 fully saturated rings. The minimum absolute atomic E-state index is 0.221. The van der Waals surface area contributed by atoms with Crippen LogP contribution in [0.5, 0.6) is 0 Å². The molecule has 0 saturated heterocycles. The molecule has 1 atom stereocenters. The Hall–Kier alpha value is -1.58. The van der Waals surface area contributed by atoms with E-state index in [-0.39, 0.29) is 6.04 Å². The number of thiophene rings is 1. The third kappa shape index (κ3) is 2.39. The van der Waals surface area contributed by atoms with Gasteiger partial charge in [-0.3, -0.25) is 0 Å². The second kappa shape index (κ2) is 5.81. The van der Waals surface area contributed by atoms with Crippen molar-refractivity contribution in [3.63, 3.8) is 0 Å². The van der Waals surface area contributed by atoms with E-state index in [9.17, 15) is 0 Å². The number of para-hydroxylation sites is 1. The Bertz CT molecular complexity index is 698. The van der Waals surface area contributed by atoms with E-state index in [0.29, 0.717) is 0 Å². The highest BCUT2D eigenvalue weighted by molar-refractivity contribution is 7.10. The Labute approximate surface area is 123 Å². The summed E-state index contributed by atoms with van der Waals surface area (Å²) in [6.07, 6.45) is 3.02. The van der Waals surface area contributed by atoms with Gasteiger partial charge in [0.15, 0.2) is 0 Å². The first-order valence-corrected chi connectivity index (χ1v) is 7.92. The highest BCUT2D eigenvalue weighted by Gasteiger charge is 2.20. The first-order valence-electron chi connectivity index (χ1n) is 7.04. The maximum absolute atomic E-state index is 5.71. The van der Waals surface area contributed by atoms with Crippen LogP contribution in [0.2, 0.25) is 0 Å². The van der Waals surface area contributed by atoms with Gasteiger partial charge in [-0.05, 0) is 43.0 Å². The number of nitrogens with one attached hydrogen (secondary N) is 1. The zero-order valence-electron chi connectivity index (χ0n) is 11.8. The molecular weight excluding hydrogens is 266 g/mol. The second-order valence-corrected chi connectivity index (χ2v) is 5.99. The van der Waals surface area contributed by atoms with Gasteiger partial charge in [-0.15, -0.1) is 11.3 Å². The van der Waals surface area contributed by atoms with E-state index in [4.69, 9.17) is 4.42 Å². The van der Waals surface area contributed by atoms with Crippen molar-refractivity contribution in [2.24, 2.45) is 0 Å². The first kappa shape index (κ1) is 13.4. The Morgan fingerprint density at radius 1 is 1.25 bits per heavy atom. The van der Waals surface area contributed by atoms with Gasteiger partial charge in [0.1, 0.15) is 5.58 Å². The minimum Gasteiger partial charge on any atom is -0.464 e. The number of furan rings is 1. The fraction of sp³-hybridized carbons (Fsp3) is 0.294. The average Bonchev–Trinajstić information content (AvgIpc) is 3.07. The molecule has 1 N–H and O–H groups in total. The number of benzene rings is 1. The molecule has 0 radical (unpaired) electrons. The number of hydrogen-bond acceptors (Lipinski definition) is 3. The quantitative estimate of drug-likeness (QED) is 0.722. The molecule has 20 heavy (non-hydrogen) atoms. The molecule has 2 aromatic heterocycles. The van der Waals surface area contributed by atoms with Crippen molar-refractivity contribution in [2.45, 2.75) is 26.3 Å². The number of hydrogen-bond donors (Lipinski definition) is 1. The van der Waals surface area contributed by atoms with E-state index in [2.05, 4.69) is 42.7 Å². The lowest BCUT2D eigenvalue weighted by Crippen LogP contribution is -2.22. The van der Waals surface area contributed by atoms with Gasteiger partial charge in [0, 0.05) is 15.8 Å². The predicted octanol–water partition coefficient (Wildman–Crippen LogP) is 4.89. The lowest BCUT2D eigenvalue weighted by Gasteiger charge is -2.17. The molecule has 0 aliphatic rings. The van der Waals surface area contributed by atoms with Crippen LogP contribution in [0.3, 0.4) is 0 Å². The van der Waals surface area contributed by atoms with E-state index in [1.54, 1.807) is 0 Å². The van der Waals surface area contributed by atoms with Crippen LogP contribution in [0.15, 0.2) is 46.4 Å². The predicted molar refractivity (Wildman–Crippen MR) is 85.4 cm³/mol. The van der Waals surface area contributed by atoms with Crippen molar-refractivity contribution in [2.75, 3.05) is 6.54 Å². The van der Waals surface area contributed by atoms with Gasteiger partial charge >= 0.3 is 0 Å². The highest BCUT2D eigenvalue weighted by Crippen LogP contribution is 2.34. The van der Waals surface area contributed by atoms with Crippen LogP contribution < -0.4 is 5.32 Å². The first-order chi connectivity index (χ1) is 9.81. The topological polar surface area (TPSA) is 25.2 Å². The number of aryl methyl sites for hydroxylation is 1. The van der Waals surface area contributed by atoms with Crippen LogP contribution in [-0.2, 0) is 0 Å². The highest BCUT2D eigenvalue weighted by atomic mass is 32.1. The average molecular weight is 285 g/mol. The van der Waals surface area contributed by atoms with Gasteiger partial charge in [0.2, 0.25) is 0 Å². The molecule has 3 heteroatoms. The Morgan fingerprint density at radius 2 is 2.10 bits per heavy atom. The molecule has 0 bridgehead atoms. The van der Waals surface area contributed by atoms with Crippen LogP contribution in [0.4, 0.5) is 0 Å². The van der Waals surface area contributed by atoms with Crippen molar-refractivity contribution in [1.29, 1.82) is 0 Å². The summed E-state index contributed by atoms with van der Waals surface area (Å²) in [4.78, 5) is 1.38. The van der Waals surface area contributed by atoms with Gasteiger partial charge in [0.05, 0.1) is 12.3 Å². The lowest BCUT2D eigenvalue weighted by molar-refractivity contribution is 0.575. The molecule has 104 valence electrons. The van der Waals surface area contributed by atoms with E-state index in [1.807, 2.05) is 29.7 Å². The molecule has 1 aromatic carbocycles. The molecular formula is C17H19NOS. The van der Waals surface area contributed by atoms with Crippen molar-refractivity contribution in [3.05, 3.63) is 58.0 Å². The summed E-state index contributed by atoms with van der Waals surface area (Å²) in [6.45, 7) is 5.37. The van der Waals surface area contributed by atoms with Crippen LogP contribution in [0.25, 0.3) is 11.0 Å². The largest absolute Gasteiger partial charge is 0.464 e. The zero-order valence-corrected chi connectivity index (χ0v) is 12.7.